The summed E-state index contributed by atoms with van der Waals surface area (Å²) in [5.41, 5.74) is 7.34. The molecule has 1 rings (SSSR count). The summed E-state index contributed by atoms with van der Waals surface area (Å²) in [5.74, 6) is 0. The molecule has 116 valence electrons. The van der Waals surface area contributed by atoms with Gasteiger partial charge in [-0.25, -0.2) is 0 Å². The monoisotopic (exact) mass is 504 g/mol. The van der Waals surface area contributed by atoms with Crippen LogP contribution in [0.2, 0.25) is 0 Å². The van der Waals surface area contributed by atoms with Crippen LogP contribution in [0.15, 0.2) is 0 Å². The van der Waals surface area contributed by atoms with E-state index < -0.39 is 23.8 Å². The second-order valence-corrected chi connectivity index (χ2v) is 10.0. The summed E-state index contributed by atoms with van der Waals surface area (Å²) in [6, 6.07) is 0. The fourth-order valence-corrected chi connectivity index (χ4v) is 2.08. The van der Waals surface area contributed by atoms with Crippen molar-refractivity contribution >= 4 is 27.3 Å². The van der Waals surface area contributed by atoms with Gasteiger partial charge < -0.3 is 4.89 Å². The second-order valence-electron chi connectivity index (χ2n) is 4.31. The molecule has 0 saturated carbocycles. The standard InChI is InChI=1S/C10H15.C4H11OP.2ClH.Ir/c1-6-7(2)9(4)10(5)8(6)3;1-3-6(5)4-2;;;/h1-5H3;5H,3-4H2,1-2H3;2*1H;/q-1;;;;+3/p-2. The Kier molecular flexibility index (Phi) is 14.9. The van der Waals surface area contributed by atoms with Crippen molar-refractivity contribution in [1.29, 1.82) is 0 Å². The van der Waals surface area contributed by atoms with Crippen molar-refractivity contribution in [3.05, 3.63) is 27.8 Å². The maximum absolute atomic E-state index is 8.73. The first kappa shape index (κ1) is 22.3. The summed E-state index contributed by atoms with van der Waals surface area (Å²) in [7, 11) is 9.20. The molecule has 1 aromatic rings. The molecule has 0 spiro atoms. The van der Waals surface area contributed by atoms with Crippen molar-refractivity contribution in [3.8, 4) is 0 Å². The van der Waals surface area contributed by atoms with E-state index in [0.717, 1.165) is 12.3 Å². The first-order valence-corrected chi connectivity index (χ1v) is 13.8. The molecule has 0 bridgehead atoms. The van der Waals surface area contributed by atoms with Crippen molar-refractivity contribution < 1.29 is 20.6 Å². The van der Waals surface area contributed by atoms with Crippen LogP contribution in [0.5, 0.6) is 0 Å². The van der Waals surface area contributed by atoms with Gasteiger partial charge in [0.25, 0.3) is 0 Å². The minimum atomic E-state index is -0.576. The van der Waals surface area contributed by atoms with Crippen molar-refractivity contribution in [3.63, 3.8) is 0 Å². The molecule has 0 aromatic heterocycles. The Labute approximate surface area is 136 Å². The van der Waals surface area contributed by atoms with Gasteiger partial charge in [-0.15, -0.1) is 0 Å². The molecule has 19 heavy (non-hydrogen) atoms. The number of halogens is 2. The number of hydrogen-bond acceptors (Lipinski definition) is 1. The van der Waals surface area contributed by atoms with Gasteiger partial charge in [-0.2, -0.15) is 27.8 Å². The molecule has 0 aliphatic heterocycles. The Morgan fingerprint density at radius 2 is 1.26 bits per heavy atom. The van der Waals surface area contributed by atoms with Crippen LogP contribution in [-0.4, -0.2) is 17.2 Å². The zero-order chi connectivity index (χ0) is 15.6. The minimum absolute atomic E-state index is 0.556. The molecule has 1 N–H and O–H groups in total. The average molecular weight is 504 g/mol. The van der Waals surface area contributed by atoms with Gasteiger partial charge in [-0.1, -0.05) is 48.5 Å². The SMILES string of the molecule is CCP(O)CC.Cc1c(C)c(C)[c-](C)c1C.[Cl][Ir+][Cl]. The van der Waals surface area contributed by atoms with Crippen LogP contribution in [0.4, 0.5) is 0 Å². The molecule has 0 fully saturated rings. The normalized spacial score (nSPS) is 9.84. The van der Waals surface area contributed by atoms with E-state index in [2.05, 4.69) is 34.6 Å². The van der Waals surface area contributed by atoms with E-state index in [1.807, 2.05) is 13.8 Å². The van der Waals surface area contributed by atoms with E-state index in [1.165, 1.54) is 27.8 Å². The van der Waals surface area contributed by atoms with Gasteiger partial charge in [-0.3, -0.25) is 0 Å². The molecule has 0 aliphatic rings. The summed E-state index contributed by atoms with van der Waals surface area (Å²) < 4.78 is 0. The van der Waals surface area contributed by atoms with E-state index in [1.54, 1.807) is 0 Å². The summed E-state index contributed by atoms with van der Waals surface area (Å²) in [5, 5.41) is 0. The Morgan fingerprint density at radius 3 is 1.32 bits per heavy atom. The molecular formula is C14H26Cl2IrOP. The van der Waals surface area contributed by atoms with Crippen molar-refractivity contribution in [1.82, 2.24) is 0 Å². The second kappa shape index (κ2) is 12.7. The molecule has 0 radical (unpaired) electrons. The van der Waals surface area contributed by atoms with Crippen LogP contribution in [0.25, 0.3) is 0 Å². The summed E-state index contributed by atoms with van der Waals surface area (Å²) in [6.45, 7) is 15.0. The molecule has 0 saturated heterocycles. The summed E-state index contributed by atoms with van der Waals surface area (Å²) >= 11 is -0.556. The zero-order valence-corrected chi connectivity index (χ0v) is 17.7. The molecule has 0 aliphatic carbocycles. The fraction of sp³-hybridized carbons (Fsp3) is 0.643. The van der Waals surface area contributed by atoms with Gasteiger partial charge >= 0.3 is 34.8 Å². The first-order valence-electron chi connectivity index (χ1n) is 6.25. The van der Waals surface area contributed by atoms with Crippen LogP contribution < -0.4 is 0 Å². The van der Waals surface area contributed by atoms with Crippen LogP contribution in [-0.2, 0) is 15.7 Å². The Morgan fingerprint density at radius 1 is 1.00 bits per heavy atom. The molecule has 1 nitrogen and oxygen atoms in total. The third-order valence-corrected chi connectivity index (χ3v) is 5.00. The molecule has 5 heteroatoms. The Balaban J connectivity index is 0. The van der Waals surface area contributed by atoms with Gasteiger partial charge in [0, 0.05) is 8.15 Å². The molecule has 0 atom stereocenters. The Hall–Kier alpha value is 0.969. The predicted molar refractivity (Wildman–Crippen MR) is 87.6 cm³/mol. The molecular weight excluding hydrogens is 478 g/mol. The van der Waals surface area contributed by atoms with E-state index in [-0.39, 0.29) is 0 Å². The Bertz CT molecular complexity index is 269. The van der Waals surface area contributed by atoms with Crippen molar-refractivity contribution in [2.24, 2.45) is 0 Å². The molecule has 0 amide bonds. The fourth-order valence-electron chi connectivity index (χ4n) is 1.63. The molecule has 0 unspecified atom stereocenters. The zero-order valence-electron chi connectivity index (χ0n) is 12.9. The third kappa shape index (κ3) is 8.76. The van der Waals surface area contributed by atoms with Crippen molar-refractivity contribution in [2.45, 2.75) is 48.5 Å². The van der Waals surface area contributed by atoms with Gasteiger partial charge in [-0.05, 0) is 12.3 Å². The summed E-state index contributed by atoms with van der Waals surface area (Å²) in [4.78, 5) is 8.73. The molecule has 0 heterocycles. The van der Waals surface area contributed by atoms with E-state index >= 15 is 0 Å². The topological polar surface area (TPSA) is 20.2 Å². The first-order chi connectivity index (χ1) is 8.78. The van der Waals surface area contributed by atoms with Gasteiger partial charge in [0.2, 0.25) is 0 Å². The van der Waals surface area contributed by atoms with Gasteiger partial charge in [0.05, 0.1) is 0 Å². The summed E-state index contributed by atoms with van der Waals surface area (Å²) in [6.07, 6.45) is 1.90. The molecule has 1 aromatic carbocycles. The van der Waals surface area contributed by atoms with Crippen LogP contribution in [0, 0.1) is 34.6 Å². The number of hydrogen-bond donors (Lipinski definition) is 1. The maximum atomic E-state index is 8.73. The quantitative estimate of drug-likeness (QED) is 0.403. The van der Waals surface area contributed by atoms with Gasteiger partial charge in [0.1, 0.15) is 0 Å². The third-order valence-electron chi connectivity index (χ3n) is 3.54. The van der Waals surface area contributed by atoms with E-state index in [0.29, 0.717) is 0 Å². The average Bonchev–Trinajstić information content (AvgIpc) is 2.57. The van der Waals surface area contributed by atoms with Crippen molar-refractivity contribution in [2.75, 3.05) is 12.3 Å². The number of rotatable bonds is 2. The van der Waals surface area contributed by atoms with Crippen LogP contribution in [0.1, 0.15) is 41.7 Å². The van der Waals surface area contributed by atoms with E-state index in [9.17, 15) is 0 Å². The van der Waals surface area contributed by atoms with E-state index in [4.69, 9.17) is 24.1 Å². The van der Waals surface area contributed by atoms with Crippen LogP contribution in [0.3, 0.4) is 0 Å². The van der Waals surface area contributed by atoms with Crippen LogP contribution >= 0.6 is 27.3 Å². The predicted octanol–water partition coefficient (Wildman–Crippen LogP) is 5.74. The van der Waals surface area contributed by atoms with Gasteiger partial charge in [0.15, 0.2) is 0 Å².